The Bertz CT molecular complexity index is 2550. The zero-order valence-electron chi connectivity index (χ0n) is 54.8. The molecule has 96 heavy (non-hydrogen) atoms. The van der Waals surface area contributed by atoms with Gasteiger partial charge in [-0.1, -0.05) is 24.3 Å². The smallest absolute Gasteiger partial charge is 0.161 e. The summed E-state index contributed by atoms with van der Waals surface area (Å²) in [5.41, 5.74) is 3.42. The maximum absolute atomic E-state index is 6.14. The fourth-order valence-corrected chi connectivity index (χ4v) is 9.54. The Morgan fingerprint density at radius 3 is 0.469 bits per heavy atom. The summed E-state index contributed by atoms with van der Waals surface area (Å²) in [6.07, 6.45) is 0. The van der Waals surface area contributed by atoms with Gasteiger partial charge < -0.3 is 114 Å². The first-order valence-electron chi connectivity index (χ1n) is 32.8. The second-order valence-electron chi connectivity index (χ2n) is 21.4. The molecule has 0 spiro atoms. The number of rotatable bonds is 0. The van der Waals surface area contributed by atoms with Crippen LogP contribution in [0.15, 0.2) is 121 Å². The van der Waals surface area contributed by atoms with Crippen molar-refractivity contribution in [2.75, 3.05) is 211 Å². The first-order valence-corrected chi connectivity index (χ1v) is 32.8. The van der Waals surface area contributed by atoms with Crippen molar-refractivity contribution in [1.82, 2.24) is 0 Å². The molecule has 6 aliphatic heterocycles. The van der Waals surface area contributed by atoms with Crippen LogP contribution in [0, 0.1) is 0 Å². The van der Waals surface area contributed by atoms with Gasteiger partial charge in [-0.25, -0.2) is 0 Å². The van der Waals surface area contributed by atoms with Gasteiger partial charge in [0.1, 0.15) is 125 Å². The Morgan fingerprint density at radius 1 is 0.146 bits per heavy atom. The van der Waals surface area contributed by atoms with Crippen LogP contribution in [0.2, 0.25) is 0 Å². The molecule has 6 heterocycles. The average molecular weight is 1340 g/mol. The number of hydrogen-bond acceptors (Lipinski definition) is 24. The van der Waals surface area contributed by atoms with E-state index in [1.807, 2.05) is 121 Å². The topological polar surface area (TPSA) is 222 Å². The van der Waals surface area contributed by atoms with Gasteiger partial charge in [-0.3, -0.25) is 0 Å². The van der Waals surface area contributed by atoms with Crippen molar-refractivity contribution in [2.45, 2.75) is 26.4 Å². The highest BCUT2D eigenvalue weighted by Gasteiger charge is 2.13. The van der Waals surface area contributed by atoms with Gasteiger partial charge >= 0.3 is 0 Å². The van der Waals surface area contributed by atoms with Crippen LogP contribution < -0.4 is 56.8 Å². The van der Waals surface area contributed by atoms with E-state index >= 15 is 0 Å². The molecule has 0 amide bonds. The minimum absolute atomic E-state index is 0.275. The van der Waals surface area contributed by atoms with Crippen molar-refractivity contribution >= 4 is 0 Å². The molecule has 24 nitrogen and oxygen atoms in total. The standard InChI is InChI=1S/C72H92O24/c1-2-6-70-69(5-1)93-37-25-81-53-57-41-61-49-62(42-57)86-30-18-74-10-12-78-22-34-90-66-46-59(45-65(51-66)89-33-21-77-11-9-73-17-29-85-61)55-83-27-39-95-71-7-3-4-8-72(71)96-40-28-84-56-60-47-67-52-68(48-60)92-36-24-80-16-14-76-20-32-88-64-44-58(54-82-26-38-94-70)43-63(50-64)87-31-19-75-13-15-79-23-35-91-67/h1-8,41-52H,9-40,53-56H2. The lowest BCUT2D eigenvalue weighted by Crippen LogP contribution is -2.15. The lowest BCUT2D eigenvalue weighted by molar-refractivity contribution is 0.0259. The Kier molecular flexibility index (Phi) is 34.1. The molecule has 24 heteroatoms. The van der Waals surface area contributed by atoms with E-state index in [0.717, 1.165) is 22.3 Å². The van der Waals surface area contributed by atoms with Crippen LogP contribution in [-0.2, 0) is 83.3 Å². The third kappa shape index (κ3) is 29.4. The van der Waals surface area contributed by atoms with Gasteiger partial charge in [0, 0.05) is 24.3 Å². The summed E-state index contributed by atoms with van der Waals surface area (Å²) in [5.74, 6) is 7.22. The van der Waals surface area contributed by atoms with Gasteiger partial charge in [0.2, 0.25) is 0 Å². The molecule has 0 unspecified atom stereocenters. The van der Waals surface area contributed by atoms with E-state index in [1.165, 1.54) is 0 Å². The van der Waals surface area contributed by atoms with Gasteiger partial charge in [-0.05, 0) is 95.1 Å². The summed E-state index contributed by atoms with van der Waals surface area (Å²) in [6, 6.07) is 37.7. The molecular weight excluding hydrogens is 1250 g/mol. The molecule has 6 aromatic rings. The molecule has 0 aliphatic carbocycles. The first-order chi connectivity index (χ1) is 47.6. The second-order valence-corrected chi connectivity index (χ2v) is 21.4. The Labute approximate surface area is 562 Å². The molecule has 0 N–H and O–H groups in total. The lowest BCUT2D eigenvalue weighted by Gasteiger charge is -2.15. The van der Waals surface area contributed by atoms with Gasteiger partial charge in [0.15, 0.2) is 23.0 Å². The fourth-order valence-electron chi connectivity index (χ4n) is 9.54. The predicted molar refractivity (Wildman–Crippen MR) is 350 cm³/mol. The van der Waals surface area contributed by atoms with E-state index in [1.54, 1.807) is 0 Å². The fraction of sp³-hybridized carbons (Fsp3) is 0.500. The lowest BCUT2D eigenvalue weighted by atomic mass is 10.2. The molecule has 0 atom stereocenters. The normalized spacial score (nSPS) is 18.7. The van der Waals surface area contributed by atoms with Gasteiger partial charge in [-0.15, -0.1) is 0 Å². The molecule has 6 aliphatic rings. The molecule has 0 fully saturated rings. The van der Waals surface area contributed by atoms with Gasteiger partial charge in [0.05, 0.1) is 159 Å². The quantitative estimate of drug-likeness (QED) is 0.138. The molecule has 0 radical (unpaired) electrons. The van der Waals surface area contributed by atoms with Gasteiger partial charge in [0.25, 0.3) is 0 Å². The Hall–Kier alpha value is -7.56. The predicted octanol–water partition coefficient (Wildman–Crippen LogP) is 8.97. The second kappa shape index (κ2) is 45.0. The van der Waals surface area contributed by atoms with E-state index in [9.17, 15) is 0 Å². The zero-order chi connectivity index (χ0) is 65.8. The maximum atomic E-state index is 6.14. The highest BCUT2D eigenvalue weighted by molar-refractivity contribution is 5.43. The van der Waals surface area contributed by atoms with Crippen molar-refractivity contribution < 1.29 is 114 Å². The van der Waals surface area contributed by atoms with Crippen LogP contribution >= 0.6 is 0 Å². The molecule has 6 aromatic carbocycles. The monoisotopic (exact) mass is 1340 g/mol. The summed E-state index contributed by atoms with van der Waals surface area (Å²) >= 11 is 0. The summed E-state index contributed by atoms with van der Waals surface area (Å²) in [5, 5.41) is 0. The summed E-state index contributed by atoms with van der Waals surface area (Å²) in [4.78, 5) is 0. The summed E-state index contributed by atoms with van der Waals surface area (Å²) < 4.78 is 145. The molecule has 12 rings (SSSR count). The molecular formula is C72H92O24. The molecule has 524 valence electrons. The van der Waals surface area contributed by atoms with Crippen molar-refractivity contribution in [2.24, 2.45) is 0 Å². The van der Waals surface area contributed by atoms with Crippen molar-refractivity contribution in [1.29, 1.82) is 0 Å². The third-order valence-corrected chi connectivity index (χ3v) is 13.9. The molecule has 0 aromatic heterocycles. The third-order valence-electron chi connectivity index (χ3n) is 13.9. The maximum Gasteiger partial charge on any atom is 0.161 e. The molecule has 12 bridgehead atoms. The van der Waals surface area contributed by atoms with Crippen molar-refractivity contribution in [3.63, 3.8) is 0 Å². The summed E-state index contributed by atoms with van der Waals surface area (Å²) in [7, 11) is 0. The number of ether oxygens (including phenoxy) is 24. The number of benzene rings is 6. The molecule has 0 saturated heterocycles. The van der Waals surface area contributed by atoms with Crippen LogP contribution in [0.3, 0.4) is 0 Å². The van der Waals surface area contributed by atoms with Crippen LogP contribution in [0.25, 0.3) is 0 Å². The van der Waals surface area contributed by atoms with Crippen molar-refractivity contribution in [3.05, 3.63) is 144 Å². The average Bonchev–Trinajstić information content (AvgIpc) is 1.43. The first kappa shape index (κ1) is 72.7. The van der Waals surface area contributed by atoms with Crippen LogP contribution in [0.4, 0.5) is 0 Å². The van der Waals surface area contributed by atoms with Crippen LogP contribution in [-0.4, -0.2) is 211 Å². The van der Waals surface area contributed by atoms with E-state index in [4.69, 9.17) is 114 Å². The van der Waals surface area contributed by atoms with E-state index in [-0.39, 0.29) is 52.9 Å². The minimum atomic E-state index is 0.275. The number of para-hydroxylation sites is 4. The zero-order valence-corrected chi connectivity index (χ0v) is 54.8. The highest BCUT2D eigenvalue weighted by atomic mass is 16.6. The van der Waals surface area contributed by atoms with E-state index in [0.29, 0.717) is 254 Å². The SMILES string of the molecule is c1ccc2c(c1)OCCOCc1cc3cc(c1)OCCOCCOCCOc1cc(cc(c1)OCCOCCOCCO3)COCCOc1ccccc1OCCOCc1cc3cc(c1)OCCOCCOCCOc1cc(cc(c1)OCCOCCOCCO3)COCCO2. The van der Waals surface area contributed by atoms with Crippen molar-refractivity contribution in [3.8, 4) is 69.0 Å². The number of hydrogen-bond donors (Lipinski definition) is 0. The Balaban J connectivity index is 0.825. The van der Waals surface area contributed by atoms with Gasteiger partial charge in [-0.2, -0.15) is 0 Å². The molecule has 0 saturated carbocycles. The van der Waals surface area contributed by atoms with E-state index < -0.39 is 0 Å². The minimum Gasteiger partial charge on any atom is -0.491 e. The van der Waals surface area contributed by atoms with Crippen LogP contribution in [0.1, 0.15) is 22.3 Å². The Morgan fingerprint density at radius 2 is 0.292 bits per heavy atom. The summed E-state index contributed by atoms with van der Waals surface area (Å²) in [6.45, 7) is 11.6. The highest BCUT2D eigenvalue weighted by Crippen LogP contribution is 2.31. The van der Waals surface area contributed by atoms with Crippen LogP contribution in [0.5, 0.6) is 69.0 Å². The largest absolute Gasteiger partial charge is 0.491 e. The van der Waals surface area contributed by atoms with E-state index in [2.05, 4.69) is 0 Å².